The fourth-order valence-electron chi connectivity index (χ4n) is 3.19. The van der Waals surface area contributed by atoms with Gasteiger partial charge in [0.05, 0.1) is 4.47 Å². The summed E-state index contributed by atoms with van der Waals surface area (Å²) < 4.78 is 13.6. The first-order chi connectivity index (χ1) is 9.43. The summed E-state index contributed by atoms with van der Waals surface area (Å²) >= 11 is 3.15. The maximum atomic E-state index is 13.2. The predicted molar refractivity (Wildman–Crippen MR) is 83.1 cm³/mol. The Morgan fingerprint density at radius 1 is 1.40 bits per heavy atom. The van der Waals surface area contributed by atoms with Gasteiger partial charge in [-0.3, -0.25) is 4.79 Å². The first-order valence-electron chi connectivity index (χ1n) is 7.19. The SMILES string of the molecule is CC(C)CC1(C(=O)Nc2ccc(F)c(Br)c2)CCCC1. The van der Waals surface area contributed by atoms with Gasteiger partial charge in [0.2, 0.25) is 5.91 Å². The predicted octanol–water partition coefficient (Wildman–Crippen LogP) is 5.13. The molecule has 1 fully saturated rings. The molecule has 2 nitrogen and oxygen atoms in total. The minimum absolute atomic E-state index is 0.0854. The number of carbonyl (C=O) groups excluding carboxylic acids is 1. The monoisotopic (exact) mass is 341 g/mol. The molecule has 1 aromatic rings. The molecule has 4 heteroatoms. The van der Waals surface area contributed by atoms with Crippen molar-refractivity contribution in [2.45, 2.75) is 46.0 Å². The number of amides is 1. The topological polar surface area (TPSA) is 29.1 Å². The second-order valence-corrected chi connectivity index (χ2v) is 7.02. The molecular weight excluding hydrogens is 321 g/mol. The van der Waals surface area contributed by atoms with Crippen LogP contribution in [-0.2, 0) is 4.79 Å². The smallest absolute Gasteiger partial charge is 0.230 e. The van der Waals surface area contributed by atoms with Crippen molar-refractivity contribution >= 4 is 27.5 Å². The molecule has 0 saturated heterocycles. The number of hydrogen-bond acceptors (Lipinski definition) is 1. The van der Waals surface area contributed by atoms with Crippen molar-refractivity contribution in [3.8, 4) is 0 Å². The van der Waals surface area contributed by atoms with Gasteiger partial charge in [-0.25, -0.2) is 4.39 Å². The molecule has 1 N–H and O–H groups in total. The average Bonchev–Trinajstić information content (AvgIpc) is 2.83. The summed E-state index contributed by atoms with van der Waals surface area (Å²) in [6.45, 7) is 4.31. The zero-order chi connectivity index (χ0) is 14.8. The molecule has 1 amide bonds. The van der Waals surface area contributed by atoms with Gasteiger partial charge in [0, 0.05) is 11.1 Å². The second kappa shape index (κ2) is 6.25. The van der Waals surface area contributed by atoms with E-state index in [4.69, 9.17) is 0 Å². The molecule has 1 saturated carbocycles. The van der Waals surface area contributed by atoms with Gasteiger partial charge >= 0.3 is 0 Å². The summed E-state index contributed by atoms with van der Waals surface area (Å²) in [7, 11) is 0. The number of nitrogens with one attached hydrogen (secondary N) is 1. The van der Waals surface area contributed by atoms with E-state index in [2.05, 4.69) is 35.1 Å². The van der Waals surface area contributed by atoms with Crippen molar-refractivity contribution in [3.63, 3.8) is 0 Å². The summed E-state index contributed by atoms with van der Waals surface area (Å²) in [6.07, 6.45) is 5.07. The lowest BCUT2D eigenvalue weighted by Crippen LogP contribution is -2.35. The molecule has 110 valence electrons. The van der Waals surface area contributed by atoms with Gasteiger partial charge in [-0.1, -0.05) is 26.7 Å². The Bertz CT molecular complexity index is 495. The van der Waals surface area contributed by atoms with Crippen LogP contribution in [0.15, 0.2) is 22.7 Å². The quantitative estimate of drug-likeness (QED) is 0.807. The largest absolute Gasteiger partial charge is 0.326 e. The molecule has 0 unspecified atom stereocenters. The van der Waals surface area contributed by atoms with Crippen LogP contribution < -0.4 is 5.32 Å². The minimum atomic E-state index is -0.319. The van der Waals surface area contributed by atoms with Crippen molar-refractivity contribution in [3.05, 3.63) is 28.5 Å². The lowest BCUT2D eigenvalue weighted by molar-refractivity contribution is -0.126. The number of anilines is 1. The standard InChI is InChI=1S/C16H21BrFNO/c1-11(2)10-16(7-3-4-8-16)15(20)19-12-5-6-14(18)13(17)9-12/h5-6,9,11H,3-4,7-8,10H2,1-2H3,(H,19,20). The van der Waals surface area contributed by atoms with Crippen LogP contribution in [0, 0.1) is 17.2 Å². The number of rotatable bonds is 4. The highest BCUT2D eigenvalue weighted by Crippen LogP contribution is 2.44. The van der Waals surface area contributed by atoms with E-state index in [1.54, 1.807) is 12.1 Å². The number of carbonyl (C=O) groups is 1. The third-order valence-corrected chi connectivity index (χ3v) is 4.63. The molecule has 0 atom stereocenters. The molecule has 1 aliphatic rings. The number of benzene rings is 1. The van der Waals surface area contributed by atoms with Gasteiger partial charge < -0.3 is 5.32 Å². The van der Waals surface area contributed by atoms with E-state index in [1.807, 2.05) is 0 Å². The van der Waals surface area contributed by atoms with E-state index in [1.165, 1.54) is 6.07 Å². The highest BCUT2D eigenvalue weighted by Gasteiger charge is 2.41. The fraction of sp³-hybridized carbons (Fsp3) is 0.562. The van der Waals surface area contributed by atoms with E-state index >= 15 is 0 Å². The Balaban J connectivity index is 2.14. The average molecular weight is 342 g/mol. The van der Waals surface area contributed by atoms with Crippen LogP contribution in [0.25, 0.3) is 0 Å². The van der Waals surface area contributed by atoms with E-state index in [0.29, 0.717) is 16.1 Å². The summed E-state index contributed by atoms with van der Waals surface area (Å²) in [5.74, 6) is 0.266. The highest BCUT2D eigenvalue weighted by molar-refractivity contribution is 9.10. The van der Waals surface area contributed by atoms with E-state index < -0.39 is 0 Å². The third kappa shape index (κ3) is 3.40. The Morgan fingerprint density at radius 2 is 2.05 bits per heavy atom. The van der Waals surface area contributed by atoms with Gasteiger partial charge in [0.25, 0.3) is 0 Å². The molecule has 0 bridgehead atoms. The van der Waals surface area contributed by atoms with Crippen LogP contribution in [0.1, 0.15) is 46.0 Å². The first kappa shape index (κ1) is 15.5. The maximum Gasteiger partial charge on any atom is 0.230 e. The Hall–Kier alpha value is -0.900. The molecule has 0 aliphatic heterocycles. The normalized spacial score (nSPS) is 17.4. The van der Waals surface area contributed by atoms with Crippen LogP contribution in [0.5, 0.6) is 0 Å². The lowest BCUT2D eigenvalue weighted by atomic mass is 9.77. The zero-order valence-electron chi connectivity index (χ0n) is 12.0. The van der Waals surface area contributed by atoms with E-state index in [9.17, 15) is 9.18 Å². The van der Waals surface area contributed by atoms with Crippen molar-refractivity contribution in [1.29, 1.82) is 0 Å². The molecule has 2 rings (SSSR count). The maximum absolute atomic E-state index is 13.2. The third-order valence-electron chi connectivity index (χ3n) is 4.02. The van der Waals surface area contributed by atoms with Crippen molar-refractivity contribution < 1.29 is 9.18 Å². The highest BCUT2D eigenvalue weighted by atomic mass is 79.9. The summed E-state index contributed by atoms with van der Waals surface area (Å²) in [4.78, 5) is 12.6. The van der Waals surface area contributed by atoms with Gasteiger partial charge in [0.1, 0.15) is 5.82 Å². The van der Waals surface area contributed by atoms with Crippen LogP contribution in [0.2, 0.25) is 0 Å². The molecule has 0 aromatic heterocycles. The number of halogens is 2. The van der Waals surface area contributed by atoms with Gasteiger partial charge in [-0.2, -0.15) is 0 Å². The molecule has 1 aromatic carbocycles. The van der Waals surface area contributed by atoms with Crippen molar-refractivity contribution in [2.24, 2.45) is 11.3 Å². The number of hydrogen-bond donors (Lipinski definition) is 1. The fourth-order valence-corrected chi connectivity index (χ4v) is 3.57. The summed E-state index contributed by atoms with van der Waals surface area (Å²) in [5.41, 5.74) is 0.410. The van der Waals surface area contributed by atoms with Crippen LogP contribution in [-0.4, -0.2) is 5.91 Å². The van der Waals surface area contributed by atoms with Crippen molar-refractivity contribution in [2.75, 3.05) is 5.32 Å². The summed E-state index contributed by atoms with van der Waals surface area (Å²) in [6, 6.07) is 4.59. The van der Waals surface area contributed by atoms with Crippen LogP contribution in [0.4, 0.5) is 10.1 Å². The van der Waals surface area contributed by atoms with Crippen LogP contribution >= 0.6 is 15.9 Å². The van der Waals surface area contributed by atoms with E-state index in [0.717, 1.165) is 32.1 Å². The van der Waals surface area contributed by atoms with Gasteiger partial charge in [-0.15, -0.1) is 0 Å². The van der Waals surface area contributed by atoms with Crippen LogP contribution in [0.3, 0.4) is 0 Å². The zero-order valence-corrected chi connectivity index (χ0v) is 13.6. The molecule has 0 spiro atoms. The Labute approximate surface area is 128 Å². The lowest BCUT2D eigenvalue weighted by Gasteiger charge is -2.29. The van der Waals surface area contributed by atoms with Crippen molar-refractivity contribution in [1.82, 2.24) is 0 Å². The molecule has 0 heterocycles. The second-order valence-electron chi connectivity index (χ2n) is 6.17. The molecular formula is C16H21BrFNO. The molecule has 20 heavy (non-hydrogen) atoms. The van der Waals surface area contributed by atoms with E-state index in [-0.39, 0.29) is 17.1 Å². The Kier molecular flexibility index (Phi) is 4.84. The Morgan fingerprint density at radius 3 is 2.60 bits per heavy atom. The van der Waals surface area contributed by atoms with Gasteiger partial charge in [-0.05, 0) is 59.3 Å². The first-order valence-corrected chi connectivity index (χ1v) is 7.99. The molecule has 1 aliphatic carbocycles. The summed E-state index contributed by atoms with van der Waals surface area (Å²) in [5, 5.41) is 2.96. The van der Waals surface area contributed by atoms with Gasteiger partial charge in [0.15, 0.2) is 0 Å². The minimum Gasteiger partial charge on any atom is -0.326 e. The molecule has 0 radical (unpaired) electrons.